The number of benzene rings is 2. The van der Waals surface area contributed by atoms with Crippen LogP contribution in [0.4, 0.5) is 10.5 Å². The summed E-state index contributed by atoms with van der Waals surface area (Å²) >= 11 is 1.28. The van der Waals surface area contributed by atoms with Gasteiger partial charge in [0, 0.05) is 11.4 Å². The Balaban J connectivity index is 1.84. The molecule has 0 aromatic heterocycles. The van der Waals surface area contributed by atoms with Crippen molar-refractivity contribution in [1.82, 2.24) is 0 Å². The summed E-state index contributed by atoms with van der Waals surface area (Å²) in [5.74, 6) is 0.693. The highest BCUT2D eigenvalue weighted by Crippen LogP contribution is 2.16. The van der Waals surface area contributed by atoms with Gasteiger partial charge in [-0.15, -0.1) is 0 Å². The smallest absolute Gasteiger partial charge is 0.283 e. The largest absolute Gasteiger partial charge is 0.317 e. The Morgan fingerprint density at radius 2 is 1.72 bits per heavy atom. The molecule has 0 unspecified atom stereocenters. The van der Waals surface area contributed by atoms with Crippen LogP contribution < -0.4 is 5.32 Å². The number of amides is 1. The molecule has 0 saturated carbocycles. The van der Waals surface area contributed by atoms with Gasteiger partial charge in [0.15, 0.2) is 0 Å². The first kappa shape index (κ1) is 12.7. The Morgan fingerprint density at radius 1 is 1.06 bits per heavy atom. The molecule has 0 aliphatic heterocycles. The SMILES string of the molecule is Cc1ccc(NC(=O)SCc2ccccc2)cc1. The zero-order chi connectivity index (χ0) is 12.8. The summed E-state index contributed by atoms with van der Waals surface area (Å²) in [5.41, 5.74) is 3.18. The van der Waals surface area contributed by atoms with E-state index in [0.717, 1.165) is 11.3 Å². The van der Waals surface area contributed by atoms with Crippen molar-refractivity contribution < 1.29 is 4.79 Å². The minimum Gasteiger partial charge on any atom is -0.317 e. The fourth-order valence-electron chi connectivity index (χ4n) is 1.51. The fourth-order valence-corrected chi connectivity index (χ4v) is 2.19. The Kier molecular flexibility index (Phi) is 4.42. The molecule has 0 heterocycles. The molecule has 0 atom stereocenters. The Morgan fingerprint density at radius 3 is 2.39 bits per heavy atom. The van der Waals surface area contributed by atoms with Gasteiger partial charge in [-0.05, 0) is 24.6 Å². The molecule has 2 aromatic carbocycles. The third kappa shape index (κ3) is 3.93. The van der Waals surface area contributed by atoms with Crippen LogP contribution in [0.25, 0.3) is 0 Å². The lowest BCUT2D eigenvalue weighted by molar-refractivity contribution is 0.269. The van der Waals surface area contributed by atoms with Gasteiger partial charge < -0.3 is 5.32 Å². The zero-order valence-corrected chi connectivity index (χ0v) is 11.0. The van der Waals surface area contributed by atoms with Crippen LogP contribution in [0.1, 0.15) is 11.1 Å². The van der Waals surface area contributed by atoms with Gasteiger partial charge in [-0.3, -0.25) is 4.79 Å². The molecule has 2 aromatic rings. The molecule has 2 rings (SSSR count). The standard InChI is InChI=1S/C15H15NOS/c1-12-7-9-14(10-8-12)16-15(17)18-11-13-5-3-2-4-6-13/h2-10H,11H2,1H3,(H,16,17). The molecule has 0 spiro atoms. The summed E-state index contributed by atoms with van der Waals surface area (Å²) in [6, 6.07) is 17.8. The molecule has 1 amide bonds. The van der Waals surface area contributed by atoms with Gasteiger partial charge in [-0.1, -0.05) is 59.8 Å². The maximum absolute atomic E-state index is 11.7. The van der Waals surface area contributed by atoms with Crippen LogP contribution in [-0.2, 0) is 5.75 Å². The van der Waals surface area contributed by atoms with E-state index in [1.54, 1.807) is 0 Å². The van der Waals surface area contributed by atoms with Crippen molar-refractivity contribution in [3.05, 3.63) is 65.7 Å². The topological polar surface area (TPSA) is 29.1 Å². The highest BCUT2D eigenvalue weighted by atomic mass is 32.2. The van der Waals surface area contributed by atoms with Crippen molar-refractivity contribution in [3.8, 4) is 0 Å². The molecule has 0 saturated heterocycles. The Hall–Kier alpha value is -1.74. The van der Waals surface area contributed by atoms with E-state index in [-0.39, 0.29) is 5.24 Å². The summed E-state index contributed by atoms with van der Waals surface area (Å²) in [5, 5.41) is 2.84. The molecule has 2 nitrogen and oxygen atoms in total. The number of anilines is 1. The van der Waals surface area contributed by atoms with Gasteiger partial charge in [-0.2, -0.15) is 0 Å². The second kappa shape index (κ2) is 6.26. The average molecular weight is 257 g/mol. The molecule has 0 bridgehead atoms. The molecule has 18 heavy (non-hydrogen) atoms. The second-order valence-corrected chi connectivity index (χ2v) is 5.00. The van der Waals surface area contributed by atoms with Crippen molar-refractivity contribution in [3.63, 3.8) is 0 Å². The number of rotatable bonds is 3. The van der Waals surface area contributed by atoms with E-state index in [9.17, 15) is 4.79 Å². The lowest BCUT2D eigenvalue weighted by Crippen LogP contribution is -2.04. The summed E-state index contributed by atoms with van der Waals surface area (Å²) in [7, 11) is 0. The number of thioether (sulfide) groups is 1. The van der Waals surface area contributed by atoms with Gasteiger partial charge in [0.25, 0.3) is 5.24 Å². The average Bonchev–Trinajstić information content (AvgIpc) is 2.40. The fraction of sp³-hybridized carbons (Fsp3) is 0.133. The number of nitrogens with one attached hydrogen (secondary N) is 1. The Labute approximate surface area is 111 Å². The zero-order valence-electron chi connectivity index (χ0n) is 10.2. The molecule has 0 aliphatic rings. The van der Waals surface area contributed by atoms with Crippen molar-refractivity contribution in [2.45, 2.75) is 12.7 Å². The monoisotopic (exact) mass is 257 g/mol. The highest BCUT2D eigenvalue weighted by molar-refractivity contribution is 8.13. The lowest BCUT2D eigenvalue weighted by Gasteiger charge is -2.05. The third-order valence-electron chi connectivity index (χ3n) is 2.51. The molecule has 92 valence electrons. The first-order chi connectivity index (χ1) is 8.74. The van der Waals surface area contributed by atoms with Crippen LogP contribution in [0.2, 0.25) is 0 Å². The lowest BCUT2D eigenvalue weighted by atomic mass is 10.2. The Bertz CT molecular complexity index is 508. The second-order valence-electron chi connectivity index (χ2n) is 4.05. The summed E-state index contributed by atoms with van der Waals surface area (Å²) in [6.07, 6.45) is 0. The predicted molar refractivity (Wildman–Crippen MR) is 77.9 cm³/mol. The molecule has 0 radical (unpaired) electrons. The van der Waals surface area contributed by atoms with Crippen LogP contribution in [0.3, 0.4) is 0 Å². The molecular formula is C15H15NOS. The van der Waals surface area contributed by atoms with Gasteiger partial charge in [0.05, 0.1) is 0 Å². The van der Waals surface area contributed by atoms with Crippen molar-refractivity contribution >= 4 is 22.7 Å². The van der Waals surface area contributed by atoms with E-state index in [4.69, 9.17) is 0 Å². The van der Waals surface area contributed by atoms with Crippen LogP contribution in [0.15, 0.2) is 54.6 Å². The maximum atomic E-state index is 11.7. The van der Waals surface area contributed by atoms with Crippen molar-refractivity contribution in [2.75, 3.05) is 5.32 Å². The van der Waals surface area contributed by atoms with Gasteiger partial charge in [0.1, 0.15) is 0 Å². The van der Waals surface area contributed by atoms with E-state index in [0.29, 0.717) is 5.75 Å². The van der Waals surface area contributed by atoms with Crippen LogP contribution in [0, 0.1) is 6.92 Å². The van der Waals surface area contributed by atoms with Crippen molar-refractivity contribution in [1.29, 1.82) is 0 Å². The van der Waals surface area contributed by atoms with Crippen LogP contribution in [-0.4, -0.2) is 5.24 Å². The number of hydrogen-bond acceptors (Lipinski definition) is 2. The molecule has 0 fully saturated rings. The van der Waals surface area contributed by atoms with Gasteiger partial charge >= 0.3 is 0 Å². The van der Waals surface area contributed by atoms with E-state index in [1.165, 1.54) is 17.3 Å². The number of carbonyl (C=O) groups is 1. The van der Waals surface area contributed by atoms with E-state index in [1.807, 2.05) is 61.5 Å². The predicted octanol–water partition coefficient (Wildman–Crippen LogP) is 4.46. The number of carbonyl (C=O) groups excluding carboxylic acids is 1. The van der Waals surface area contributed by atoms with E-state index in [2.05, 4.69) is 5.32 Å². The number of hydrogen-bond donors (Lipinski definition) is 1. The first-order valence-corrected chi connectivity index (χ1v) is 6.77. The molecule has 1 N–H and O–H groups in total. The molecule has 0 aliphatic carbocycles. The minimum atomic E-state index is -0.0253. The summed E-state index contributed by atoms with van der Waals surface area (Å²) in [6.45, 7) is 2.02. The quantitative estimate of drug-likeness (QED) is 0.879. The molecule has 3 heteroatoms. The summed E-state index contributed by atoms with van der Waals surface area (Å²) in [4.78, 5) is 11.7. The van der Waals surface area contributed by atoms with E-state index < -0.39 is 0 Å². The van der Waals surface area contributed by atoms with Crippen LogP contribution in [0.5, 0.6) is 0 Å². The van der Waals surface area contributed by atoms with Gasteiger partial charge in [-0.25, -0.2) is 0 Å². The highest BCUT2D eigenvalue weighted by Gasteiger charge is 2.03. The molecular weight excluding hydrogens is 242 g/mol. The van der Waals surface area contributed by atoms with E-state index >= 15 is 0 Å². The third-order valence-corrected chi connectivity index (χ3v) is 3.35. The summed E-state index contributed by atoms with van der Waals surface area (Å²) < 4.78 is 0. The van der Waals surface area contributed by atoms with Gasteiger partial charge in [0.2, 0.25) is 0 Å². The maximum Gasteiger partial charge on any atom is 0.283 e. The minimum absolute atomic E-state index is 0.0253. The first-order valence-electron chi connectivity index (χ1n) is 5.78. The van der Waals surface area contributed by atoms with Crippen molar-refractivity contribution in [2.24, 2.45) is 0 Å². The normalized spacial score (nSPS) is 10.1. The van der Waals surface area contributed by atoms with Crippen LogP contribution >= 0.6 is 11.8 Å². The number of aryl methyl sites for hydroxylation is 1.